The van der Waals surface area contributed by atoms with Crippen LogP contribution in [0.3, 0.4) is 0 Å². The number of fused-ring (bicyclic) bond motifs is 5. The summed E-state index contributed by atoms with van der Waals surface area (Å²) in [5.74, 6) is 0. The normalized spacial score (nSPS) is 25.0. The molecule has 190 valence electrons. The van der Waals surface area contributed by atoms with Crippen molar-refractivity contribution in [2.24, 2.45) is 0 Å². The van der Waals surface area contributed by atoms with Gasteiger partial charge in [0.05, 0.1) is 0 Å². The summed E-state index contributed by atoms with van der Waals surface area (Å²) in [6.45, 7) is 3.23. The first-order valence-electron chi connectivity index (χ1n) is 11.4. The minimum absolute atomic E-state index is 0.0562. The number of nitrogens with one attached hydrogen (secondary N) is 2. The molecule has 1 saturated carbocycles. The van der Waals surface area contributed by atoms with Gasteiger partial charge < -0.3 is 0 Å². The van der Waals surface area contributed by atoms with Gasteiger partial charge in [-0.3, -0.25) is 0 Å². The number of amides is 1. The number of hydrogen-bond acceptors (Lipinski definition) is 8. The number of carbonyl (C=O) groups excluding carboxylic acids is 1. The number of sulfone groups is 1. The number of nitrogens with zero attached hydrogens (tertiary/aromatic N) is 3. The number of morpholine rings is 1. The molecule has 2 atom stereocenters. The van der Waals surface area contributed by atoms with Crippen molar-refractivity contribution in [2.45, 2.75) is 31.6 Å². The molecule has 4 bridgehead atoms. The molecule has 1 amide bonds. The first-order valence-corrected chi connectivity index (χ1v) is 13.8. The Bertz CT molecular complexity index is 1280. The molecule has 3 aliphatic rings. The molecular formula is C23H27N5NiO5S. The second-order valence-corrected chi connectivity index (χ2v) is 11.4. The third kappa shape index (κ3) is 5.50. The quantitative estimate of drug-likeness (QED) is 0.548. The van der Waals surface area contributed by atoms with Crippen molar-refractivity contribution in [1.29, 1.82) is 0 Å². The van der Waals surface area contributed by atoms with Crippen LogP contribution < -0.4 is 15.5 Å². The van der Waals surface area contributed by atoms with Gasteiger partial charge >= 0.3 is 212 Å². The van der Waals surface area contributed by atoms with Crippen molar-refractivity contribution >= 4 is 36.8 Å². The first kappa shape index (κ1) is 24.2. The van der Waals surface area contributed by atoms with Gasteiger partial charge in [-0.15, -0.1) is 0 Å². The van der Waals surface area contributed by atoms with Crippen molar-refractivity contribution in [1.82, 2.24) is 14.9 Å². The summed E-state index contributed by atoms with van der Waals surface area (Å²) in [6, 6.07) is 5.51. The molecule has 2 aromatic rings. The fourth-order valence-electron chi connectivity index (χ4n) is 4.31. The van der Waals surface area contributed by atoms with E-state index in [-0.39, 0.29) is 33.4 Å². The minimum atomic E-state index is -3.67. The van der Waals surface area contributed by atoms with E-state index < -0.39 is 9.84 Å². The molecule has 1 aliphatic carbocycles. The fraction of sp³-hybridized carbons (Fsp3) is 0.435. The number of benzene rings is 1. The van der Waals surface area contributed by atoms with Crippen LogP contribution in [-0.4, -0.2) is 73.3 Å². The van der Waals surface area contributed by atoms with Crippen LogP contribution in [0.15, 0.2) is 36.8 Å². The van der Waals surface area contributed by atoms with E-state index in [1.807, 2.05) is 12.1 Å². The van der Waals surface area contributed by atoms with Gasteiger partial charge in [0.1, 0.15) is 0 Å². The monoisotopic (exact) mass is 543 g/mol. The predicted molar refractivity (Wildman–Crippen MR) is 129 cm³/mol. The van der Waals surface area contributed by atoms with E-state index in [0.717, 1.165) is 49.1 Å². The summed E-state index contributed by atoms with van der Waals surface area (Å²) in [6.07, 6.45) is 6.72. The second-order valence-electron chi connectivity index (χ2n) is 8.86. The van der Waals surface area contributed by atoms with Crippen molar-refractivity contribution in [3.05, 3.63) is 48.1 Å². The molecule has 1 aromatic heterocycles. The molecule has 5 rings (SSSR count). The average molecular weight is 544 g/mol. The summed E-state index contributed by atoms with van der Waals surface area (Å²) >= 11 is 5.12. The van der Waals surface area contributed by atoms with Crippen LogP contribution in [0.5, 0.6) is 0 Å². The molecule has 3 heterocycles. The molecule has 2 fully saturated rings. The maximum atomic E-state index is 12.7. The molecule has 0 spiro atoms. The van der Waals surface area contributed by atoms with Gasteiger partial charge in [-0.1, -0.05) is 0 Å². The molecule has 35 heavy (non-hydrogen) atoms. The number of ether oxygens (including phenoxy) is 2. The molecule has 1 saturated heterocycles. The van der Waals surface area contributed by atoms with Gasteiger partial charge in [-0.2, -0.15) is 0 Å². The van der Waals surface area contributed by atoms with Gasteiger partial charge in [0.25, 0.3) is 0 Å². The number of carbonyl (C=O) groups is 1. The van der Waals surface area contributed by atoms with Gasteiger partial charge in [0.2, 0.25) is 0 Å². The Kier molecular flexibility index (Phi) is 6.80. The Morgan fingerprint density at radius 2 is 1.97 bits per heavy atom. The Morgan fingerprint density at radius 1 is 1.17 bits per heavy atom. The van der Waals surface area contributed by atoms with Gasteiger partial charge in [0, 0.05) is 0 Å². The zero-order valence-electron chi connectivity index (χ0n) is 19.2. The van der Waals surface area contributed by atoms with Crippen LogP contribution in [-0.2, 0) is 40.9 Å². The Hall–Kier alpha value is -2.53. The molecule has 10 nitrogen and oxygen atoms in total. The Labute approximate surface area is 211 Å². The van der Waals surface area contributed by atoms with Crippen LogP contribution in [0.1, 0.15) is 24.1 Å². The van der Waals surface area contributed by atoms with Crippen molar-refractivity contribution in [3.63, 3.8) is 0 Å². The number of hydrogen-bond donors (Lipinski definition) is 2. The topological polar surface area (TPSA) is 115 Å². The summed E-state index contributed by atoms with van der Waals surface area (Å²) in [5, 5.41) is 6.13. The molecule has 0 unspecified atom stereocenters. The number of anilines is 2. The zero-order chi connectivity index (χ0) is 24.6. The van der Waals surface area contributed by atoms with Gasteiger partial charge in [0.15, 0.2) is 0 Å². The van der Waals surface area contributed by atoms with Gasteiger partial charge in [-0.25, -0.2) is 0 Å². The van der Waals surface area contributed by atoms with Crippen LogP contribution >= 0.6 is 0 Å². The van der Waals surface area contributed by atoms with Crippen LogP contribution in [0.2, 0.25) is 0 Å². The van der Waals surface area contributed by atoms with E-state index in [1.54, 1.807) is 0 Å². The molecule has 12 heteroatoms. The number of aromatic nitrogens is 2. The van der Waals surface area contributed by atoms with E-state index in [4.69, 9.17) is 24.5 Å². The average Bonchev–Trinajstić information content (AvgIpc) is 3.29. The van der Waals surface area contributed by atoms with Crippen molar-refractivity contribution in [3.8, 4) is 0 Å². The predicted octanol–water partition coefficient (Wildman–Crippen LogP) is 1.51. The summed E-state index contributed by atoms with van der Waals surface area (Å²) in [4.78, 5) is 19.1. The zero-order valence-corrected chi connectivity index (χ0v) is 21.0. The second kappa shape index (κ2) is 9.85. The molecule has 2 N–H and O–H groups in total. The van der Waals surface area contributed by atoms with E-state index in [9.17, 15) is 13.2 Å². The molecule has 1 aromatic carbocycles. The Balaban J connectivity index is 1.54. The third-order valence-corrected chi connectivity index (χ3v) is 7.70. The first-order chi connectivity index (χ1) is 16.8. The number of rotatable bonds is 2. The van der Waals surface area contributed by atoms with E-state index in [1.165, 1.54) is 23.2 Å². The Morgan fingerprint density at radius 3 is 2.69 bits per heavy atom. The van der Waals surface area contributed by atoms with Crippen LogP contribution in [0, 0.1) is 0 Å². The summed E-state index contributed by atoms with van der Waals surface area (Å²) < 4.78 is 38.3. The van der Waals surface area contributed by atoms with Crippen molar-refractivity contribution < 1.29 is 37.7 Å². The van der Waals surface area contributed by atoms with Gasteiger partial charge in [-0.05, 0) is 0 Å². The number of imidazole rings is 1. The van der Waals surface area contributed by atoms with Crippen molar-refractivity contribution in [2.75, 3.05) is 42.8 Å². The fourth-order valence-corrected chi connectivity index (χ4v) is 5.49. The SMILES string of the molecule is CS(=O)(=O)/C1=C/[C](=[Ni])Nc2cc(cc(N3CCOCC3)c2)CO[C@@H]2CC[C@H]2NC(=O)n2cnc1c2. The van der Waals surface area contributed by atoms with Crippen LogP contribution in [0.4, 0.5) is 16.2 Å². The molecule has 0 radical (unpaired) electrons. The van der Waals surface area contributed by atoms with E-state index >= 15 is 0 Å². The standard InChI is InChI=1S/C23H27N5O5S.Ni/c1-34(30,31)22-4-5-24-17-10-16(11-18(12-17)27-6-8-32-9-7-27)14-33-21-3-2-19(21)26-23(29)28-13-20(22)25-15-28;/h4,10-13,15,19,21,24H,2-3,6-9,14H2,1H3,(H,26,29);/b22-4+;/t19-,21-;/m1./s1. The molecule has 2 aliphatic heterocycles. The van der Waals surface area contributed by atoms with E-state index in [0.29, 0.717) is 19.8 Å². The summed E-state index contributed by atoms with van der Waals surface area (Å²) in [7, 11) is -3.67. The third-order valence-electron chi connectivity index (χ3n) is 6.31. The van der Waals surface area contributed by atoms with E-state index in [2.05, 4.69) is 26.6 Å². The summed E-state index contributed by atoms with van der Waals surface area (Å²) in [5.41, 5.74) is 2.86. The van der Waals surface area contributed by atoms with Crippen LogP contribution in [0.25, 0.3) is 4.91 Å². The molecular weight excluding hydrogens is 517 g/mol. The maximum absolute atomic E-state index is 12.7.